The molecule has 1 N–H and O–H groups in total. The quantitative estimate of drug-likeness (QED) is 0.921. The molecule has 0 bridgehead atoms. The van der Waals surface area contributed by atoms with Gasteiger partial charge in [-0.2, -0.15) is 0 Å². The molecule has 1 aromatic carbocycles. The number of aromatic amines is 1. The molecule has 1 fully saturated rings. The summed E-state index contributed by atoms with van der Waals surface area (Å²) < 4.78 is 0. The van der Waals surface area contributed by atoms with Crippen LogP contribution in [0.2, 0.25) is 0 Å². The molecule has 1 saturated heterocycles. The van der Waals surface area contributed by atoms with E-state index in [1.165, 1.54) is 29.1 Å². The van der Waals surface area contributed by atoms with Crippen molar-refractivity contribution in [2.45, 2.75) is 20.8 Å². The first-order chi connectivity index (χ1) is 11.5. The number of aryl methyl sites for hydroxylation is 2. The van der Waals surface area contributed by atoms with E-state index in [4.69, 9.17) is 0 Å². The molecule has 2 heterocycles. The molecule has 0 spiro atoms. The van der Waals surface area contributed by atoms with Crippen molar-refractivity contribution in [2.75, 3.05) is 31.1 Å². The Labute approximate surface area is 141 Å². The summed E-state index contributed by atoms with van der Waals surface area (Å²) in [5, 5.41) is 0. The predicted octanol–water partition coefficient (Wildman–Crippen LogP) is 2.26. The Morgan fingerprint density at radius 3 is 2.46 bits per heavy atom. The van der Waals surface area contributed by atoms with Gasteiger partial charge in [-0.3, -0.25) is 9.59 Å². The molecule has 2 aromatic rings. The second-order valence-corrected chi connectivity index (χ2v) is 6.39. The second kappa shape index (κ2) is 6.51. The van der Waals surface area contributed by atoms with E-state index in [0.717, 1.165) is 18.8 Å². The molecule has 3 rings (SSSR count). The number of carbonyl (C=O) groups excluding carboxylic acids is 1. The zero-order chi connectivity index (χ0) is 17.3. The van der Waals surface area contributed by atoms with Crippen molar-refractivity contribution >= 4 is 11.6 Å². The Morgan fingerprint density at radius 2 is 1.79 bits per heavy atom. The lowest BCUT2D eigenvalue weighted by Crippen LogP contribution is -2.49. The van der Waals surface area contributed by atoms with Crippen molar-refractivity contribution in [1.29, 1.82) is 0 Å². The fourth-order valence-electron chi connectivity index (χ4n) is 3.14. The summed E-state index contributed by atoms with van der Waals surface area (Å²) in [4.78, 5) is 31.6. The molecule has 1 aliphatic rings. The summed E-state index contributed by atoms with van der Waals surface area (Å²) in [5.41, 5.74) is 4.56. The van der Waals surface area contributed by atoms with E-state index in [1.54, 1.807) is 11.8 Å². The molecular weight excluding hydrogens is 302 g/mol. The van der Waals surface area contributed by atoms with Gasteiger partial charge in [0.15, 0.2) is 5.43 Å². The van der Waals surface area contributed by atoms with Crippen molar-refractivity contribution in [2.24, 2.45) is 0 Å². The SMILES string of the molecule is Cc1cc(=O)c(C(=O)N2CCN(c3cccc(C)c3C)CC2)c[nH]1. The maximum atomic E-state index is 12.6. The van der Waals surface area contributed by atoms with Crippen LogP contribution in [-0.2, 0) is 0 Å². The number of carbonyl (C=O) groups is 1. The molecule has 5 nitrogen and oxygen atoms in total. The largest absolute Gasteiger partial charge is 0.368 e. The van der Waals surface area contributed by atoms with Crippen LogP contribution in [0.1, 0.15) is 27.2 Å². The summed E-state index contributed by atoms with van der Waals surface area (Å²) in [6.45, 7) is 8.85. The van der Waals surface area contributed by atoms with Crippen LogP contribution < -0.4 is 10.3 Å². The number of rotatable bonds is 2. The number of piperazine rings is 1. The van der Waals surface area contributed by atoms with Crippen LogP contribution >= 0.6 is 0 Å². The first-order valence-corrected chi connectivity index (χ1v) is 8.27. The first-order valence-electron chi connectivity index (χ1n) is 8.27. The number of amides is 1. The molecule has 0 radical (unpaired) electrons. The van der Waals surface area contributed by atoms with Crippen LogP contribution in [0.4, 0.5) is 5.69 Å². The Hall–Kier alpha value is -2.56. The summed E-state index contributed by atoms with van der Waals surface area (Å²) in [6.07, 6.45) is 1.52. The molecule has 1 amide bonds. The van der Waals surface area contributed by atoms with Gasteiger partial charge in [0.05, 0.1) is 0 Å². The third-order valence-electron chi connectivity index (χ3n) is 4.77. The van der Waals surface area contributed by atoms with E-state index in [1.807, 2.05) is 0 Å². The van der Waals surface area contributed by atoms with E-state index in [9.17, 15) is 9.59 Å². The van der Waals surface area contributed by atoms with E-state index in [-0.39, 0.29) is 16.9 Å². The second-order valence-electron chi connectivity index (χ2n) is 6.39. The fraction of sp³-hybridized carbons (Fsp3) is 0.368. The highest BCUT2D eigenvalue weighted by atomic mass is 16.2. The molecule has 0 atom stereocenters. The third kappa shape index (κ3) is 3.07. The summed E-state index contributed by atoms with van der Waals surface area (Å²) in [5.74, 6) is -0.183. The number of pyridine rings is 1. The summed E-state index contributed by atoms with van der Waals surface area (Å²) in [7, 11) is 0. The standard InChI is InChI=1S/C19H23N3O2/c1-13-5-4-6-17(15(13)3)21-7-9-22(10-8-21)19(24)16-12-20-14(2)11-18(16)23/h4-6,11-12H,7-10H2,1-3H3,(H,20,23). The third-order valence-corrected chi connectivity index (χ3v) is 4.77. The molecule has 1 aromatic heterocycles. The average molecular weight is 325 g/mol. The van der Waals surface area contributed by atoms with Gasteiger partial charge in [0.2, 0.25) is 0 Å². The number of nitrogens with zero attached hydrogens (tertiary/aromatic N) is 2. The van der Waals surface area contributed by atoms with Crippen LogP contribution in [0.3, 0.4) is 0 Å². The molecule has 126 valence electrons. The molecule has 0 unspecified atom stereocenters. The van der Waals surface area contributed by atoms with Gasteiger partial charge >= 0.3 is 0 Å². The van der Waals surface area contributed by atoms with Gasteiger partial charge in [-0.1, -0.05) is 12.1 Å². The van der Waals surface area contributed by atoms with E-state index >= 15 is 0 Å². The molecule has 5 heteroatoms. The Balaban J connectivity index is 1.72. The normalized spacial score (nSPS) is 14.8. The van der Waals surface area contributed by atoms with Crippen molar-refractivity contribution in [3.8, 4) is 0 Å². The fourth-order valence-corrected chi connectivity index (χ4v) is 3.14. The van der Waals surface area contributed by atoms with Crippen molar-refractivity contribution in [1.82, 2.24) is 9.88 Å². The number of nitrogens with one attached hydrogen (secondary N) is 1. The average Bonchev–Trinajstić information content (AvgIpc) is 2.57. The highest BCUT2D eigenvalue weighted by Crippen LogP contribution is 2.24. The maximum absolute atomic E-state index is 12.6. The Kier molecular flexibility index (Phi) is 4.42. The Morgan fingerprint density at radius 1 is 1.08 bits per heavy atom. The molecule has 24 heavy (non-hydrogen) atoms. The zero-order valence-electron chi connectivity index (χ0n) is 14.4. The highest BCUT2D eigenvalue weighted by Gasteiger charge is 2.24. The number of aromatic nitrogens is 1. The number of H-pyrrole nitrogens is 1. The van der Waals surface area contributed by atoms with Crippen molar-refractivity contribution in [3.05, 3.63) is 63.1 Å². The topological polar surface area (TPSA) is 56.4 Å². The number of hydrogen-bond acceptors (Lipinski definition) is 3. The van der Waals surface area contributed by atoms with Gasteiger partial charge in [0.1, 0.15) is 5.56 Å². The van der Waals surface area contributed by atoms with Gasteiger partial charge in [-0.25, -0.2) is 0 Å². The van der Waals surface area contributed by atoms with Crippen LogP contribution in [-0.4, -0.2) is 42.0 Å². The Bertz CT molecular complexity index is 818. The van der Waals surface area contributed by atoms with Crippen LogP contribution in [0, 0.1) is 20.8 Å². The lowest BCUT2D eigenvalue weighted by Gasteiger charge is -2.37. The minimum Gasteiger partial charge on any atom is -0.368 e. The lowest BCUT2D eigenvalue weighted by atomic mass is 10.1. The lowest BCUT2D eigenvalue weighted by molar-refractivity contribution is 0.0745. The minimum absolute atomic E-state index is 0.183. The smallest absolute Gasteiger partial charge is 0.259 e. The highest BCUT2D eigenvalue weighted by molar-refractivity contribution is 5.94. The van der Waals surface area contributed by atoms with Crippen LogP contribution in [0.25, 0.3) is 0 Å². The molecule has 1 aliphatic heterocycles. The van der Waals surface area contributed by atoms with Gasteiger partial charge in [0, 0.05) is 49.8 Å². The summed E-state index contributed by atoms with van der Waals surface area (Å²) >= 11 is 0. The molecule has 0 aliphatic carbocycles. The van der Waals surface area contributed by atoms with Crippen molar-refractivity contribution in [3.63, 3.8) is 0 Å². The number of hydrogen-bond donors (Lipinski definition) is 1. The molecular formula is C19H23N3O2. The maximum Gasteiger partial charge on any atom is 0.259 e. The monoisotopic (exact) mass is 325 g/mol. The van der Waals surface area contributed by atoms with Crippen LogP contribution in [0.5, 0.6) is 0 Å². The van der Waals surface area contributed by atoms with Crippen molar-refractivity contribution < 1.29 is 4.79 Å². The van der Waals surface area contributed by atoms with Gasteiger partial charge in [-0.15, -0.1) is 0 Å². The van der Waals surface area contributed by atoms with Gasteiger partial charge in [-0.05, 0) is 38.0 Å². The molecule has 0 saturated carbocycles. The van der Waals surface area contributed by atoms with E-state index in [2.05, 4.69) is 41.9 Å². The summed E-state index contributed by atoms with van der Waals surface area (Å²) in [6, 6.07) is 7.79. The zero-order valence-corrected chi connectivity index (χ0v) is 14.4. The first kappa shape index (κ1) is 16.3. The number of benzene rings is 1. The predicted molar refractivity (Wildman–Crippen MR) is 95.8 cm³/mol. The minimum atomic E-state index is -0.215. The van der Waals surface area contributed by atoms with E-state index < -0.39 is 0 Å². The number of anilines is 1. The van der Waals surface area contributed by atoms with Gasteiger partial charge in [0.25, 0.3) is 5.91 Å². The van der Waals surface area contributed by atoms with Crippen LogP contribution in [0.15, 0.2) is 35.3 Å². The van der Waals surface area contributed by atoms with E-state index in [0.29, 0.717) is 13.1 Å². The van der Waals surface area contributed by atoms with Gasteiger partial charge < -0.3 is 14.8 Å².